The van der Waals surface area contributed by atoms with Gasteiger partial charge in [-0.1, -0.05) is 24.3 Å². The van der Waals surface area contributed by atoms with Crippen LogP contribution < -0.4 is 11.1 Å². The van der Waals surface area contributed by atoms with E-state index in [1.807, 2.05) is 29.2 Å². The van der Waals surface area contributed by atoms with E-state index in [4.69, 9.17) is 15.2 Å². The van der Waals surface area contributed by atoms with Gasteiger partial charge in [-0.15, -0.1) is 0 Å². The van der Waals surface area contributed by atoms with Crippen LogP contribution in [0.4, 0.5) is 26.7 Å². The van der Waals surface area contributed by atoms with Gasteiger partial charge in [0.2, 0.25) is 6.10 Å². The van der Waals surface area contributed by atoms with Crippen molar-refractivity contribution in [1.82, 2.24) is 9.80 Å². The largest absolute Gasteiger partial charge is 0.466 e. The second-order valence-electron chi connectivity index (χ2n) is 9.45. The lowest BCUT2D eigenvalue weighted by Crippen LogP contribution is -2.50. The molecule has 0 spiro atoms. The number of carbonyl (C=O) groups excluding carboxylic acids is 3. The Morgan fingerprint density at radius 1 is 1.21 bits per heavy atom. The lowest BCUT2D eigenvalue weighted by molar-refractivity contribution is -0.384. The summed E-state index contributed by atoms with van der Waals surface area (Å²) in [6, 6.07) is 10.4. The Kier molecular flexibility index (Phi) is 7.99. The van der Waals surface area contributed by atoms with Crippen LogP contribution in [0.25, 0.3) is 0 Å². The Balaban J connectivity index is 1.37. The number of para-hydroxylation sites is 1. The number of fused-ring (bicyclic) bond motifs is 1. The molecule has 2 aliphatic heterocycles. The fourth-order valence-corrected chi connectivity index (χ4v) is 4.93. The molecule has 3 amide bonds. The predicted octanol–water partition coefficient (Wildman–Crippen LogP) is 3.26. The van der Waals surface area contributed by atoms with Gasteiger partial charge in [0.1, 0.15) is 5.69 Å². The number of hydrogen-bond acceptors (Lipinski definition) is 8. The highest BCUT2D eigenvalue weighted by molar-refractivity contribution is 5.91. The summed E-state index contributed by atoms with van der Waals surface area (Å²) >= 11 is 0. The summed E-state index contributed by atoms with van der Waals surface area (Å²) in [5, 5.41) is 14.3. The van der Waals surface area contributed by atoms with Crippen molar-refractivity contribution in [2.24, 2.45) is 0 Å². The molecular formula is C26H31N5O7. The summed E-state index contributed by atoms with van der Waals surface area (Å²) < 4.78 is 10.3. The van der Waals surface area contributed by atoms with E-state index in [0.717, 1.165) is 17.7 Å². The van der Waals surface area contributed by atoms with Gasteiger partial charge in [0.25, 0.3) is 5.69 Å². The van der Waals surface area contributed by atoms with E-state index in [0.29, 0.717) is 43.6 Å². The first-order valence-corrected chi connectivity index (χ1v) is 12.4. The molecule has 1 unspecified atom stereocenters. The third-order valence-corrected chi connectivity index (χ3v) is 7.06. The molecule has 2 aromatic rings. The number of nitrogens with one attached hydrogen (secondary N) is 1. The molecule has 0 aromatic heterocycles. The average molecular weight is 526 g/mol. The Hall–Kier alpha value is -4.35. The van der Waals surface area contributed by atoms with Crippen molar-refractivity contribution in [3.8, 4) is 0 Å². The number of likely N-dealkylation sites (tertiary alicyclic amines) is 1. The van der Waals surface area contributed by atoms with Crippen LogP contribution in [0.2, 0.25) is 0 Å². The zero-order chi connectivity index (χ0) is 27.4. The standard InChI is InChI=1S/C26H31N5O7/c1-16-13-17(14-21(23(16)27)31(35)36)15-22(24(32)37-2)38-26(34)29-10-8-19(9-11-29)30-12-7-18-5-3-4-6-20(18)28-25(30)33/h3-6,13-14,19,22H,7-12,15,27H2,1-2H3,(H,28,33). The second kappa shape index (κ2) is 11.4. The summed E-state index contributed by atoms with van der Waals surface area (Å²) in [5.41, 5.74) is 8.35. The van der Waals surface area contributed by atoms with Gasteiger partial charge in [0, 0.05) is 43.9 Å². The van der Waals surface area contributed by atoms with Gasteiger partial charge in [-0.25, -0.2) is 14.4 Å². The molecule has 0 bridgehead atoms. The zero-order valence-electron chi connectivity index (χ0n) is 21.3. The first-order valence-electron chi connectivity index (χ1n) is 12.4. The number of piperidine rings is 1. The van der Waals surface area contributed by atoms with Crippen molar-refractivity contribution in [3.63, 3.8) is 0 Å². The monoisotopic (exact) mass is 525 g/mol. The molecule has 0 radical (unpaired) electrons. The van der Waals surface area contributed by atoms with Crippen LogP contribution in [0.3, 0.4) is 0 Å². The van der Waals surface area contributed by atoms with Crippen molar-refractivity contribution in [2.75, 3.05) is 37.8 Å². The number of benzene rings is 2. The van der Waals surface area contributed by atoms with Crippen LogP contribution in [0.15, 0.2) is 36.4 Å². The third kappa shape index (κ3) is 5.79. The smallest absolute Gasteiger partial charge is 0.410 e. The Morgan fingerprint density at radius 3 is 2.61 bits per heavy atom. The van der Waals surface area contributed by atoms with E-state index >= 15 is 0 Å². The maximum atomic E-state index is 12.9. The number of urea groups is 1. The summed E-state index contributed by atoms with van der Waals surface area (Å²) in [6.45, 7) is 2.90. The minimum Gasteiger partial charge on any atom is -0.466 e. The van der Waals surface area contributed by atoms with Crippen molar-refractivity contribution in [2.45, 2.75) is 44.8 Å². The van der Waals surface area contributed by atoms with Gasteiger partial charge in [-0.3, -0.25) is 10.1 Å². The van der Waals surface area contributed by atoms with Crippen LogP contribution >= 0.6 is 0 Å². The molecule has 1 saturated heterocycles. The number of nitrogen functional groups attached to an aromatic ring is 1. The molecule has 3 N–H and O–H groups in total. The number of nitrogens with zero attached hydrogens (tertiary/aromatic N) is 3. The Morgan fingerprint density at radius 2 is 1.92 bits per heavy atom. The van der Waals surface area contributed by atoms with Crippen LogP contribution in [0.1, 0.15) is 29.5 Å². The highest BCUT2D eigenvalue weighted by Gasteiger charge is 2.34. The van der Waals surface area contributed by atoms with E-state index in [-0.39, 0.29) is 29.9 Å². The van der Waals surface area contributed by atoms with Gasteiger partial charge in [0.05, 0.1) is 12.0 Å². The molecule has 2 aromatic carbocycles. The summed E-state index contributed by atoms with van der Waals surface area (Å²) in [7, 11) is 1.18. The number of nitrogens with two attached hydrogens (primary N) is 1. The molecule has 4 rings (SSSR count). The van der Waals surface area contributed by atoms with Gasteiger partial charge >= 0.3 is 18.1 Å². The molecule has 1 atom stereocenters. The van der Waals surface area contributed by atoms with Gasteiger partial charge in [0.15, 0.2) is 0 Å². The van der Waals surface area contributed by atoms with Crippen molar-refractivity contribution < 1.29 is 28.8 Å². The molecule has 38 heavy (non-hydrogen) atoms. The predicted molar refractivity (Wildman–Crippen MR) is 139 cm³/mol. The van der Waals surface area contributed by atoms with E-state index in [2.05, 4.69) is 5.32 Å². The second-order valence-corrected chi connectivity index (χ2v) is 9.45. The number of methoxy groups -OCH3 is 1. The van der Waals surface area contributed by atoms with E-state index in [9.17, 15) is 24.5 Å². The Bertz CT molecular complexity index is 1240. The highest BCUT2D eigenvalue weighted by Crippen LogP contribution is 2.28. The molecule has 2 heterocycles. The normalized spacial score (nSPS) is 16.6. The number of hydrogen-bond donors (Lipinski definition) is 2. The van der Waals surface area contributed by atoms with Crippen molar-refractivity contribution >= 4 is 35.2 Å². The molecule has 0 aliphatic carbocycles. The van der Waals surface area contributed by atoms with Crippen LogP contribution in [-0.4, -0.2) is 71.7 Å². The number of amides is 3. The van der Waals surface area contributed by atoms with Crippen LogP contribution in [0, 0.1) is 17.0 Å². The van der Waals surface area contributed by atoms with Gasteiger partial charge < -0.3 is 30.3 Å². The lowest BCUT2D eigenvalue weighted by atomic mass is 10.0. The number of nitro benzene ring substituents is 1. The number of esters is 1. The highest BCUT2D eigenvalue weighted by atomic mass is 16.6. The van der Waals surface area contributed by atoms with Crippen molar-refractivity contribution in [1.29, 1.82) is 0 Å². The van der Waals surface area contributed by atoms with Gasteiger partial charge in [-0.05, 0) is 48.9 Å². The summed E-state index contributed by atoms with van der Waals surface area (Å²) in [4.78, 5) is 52.2. The molecule has 1 fully saturated rings. The van der Waals surface area contributed by atoms with E-state index in [1.165, 1.54) is 18.1 Å². The SMILES string of the molecule is COC(=O)C(Cc1cc(C)c(N)c([N+](=O)[O-])c1)OC(=O)N1CCC(N2CCc3ccccc3NC2=O)CC1. The number of anilines is 2. The van der Waals surface area contributed by atoms with Crippen molar-refractivity contribution in [3.05, 3.63) is 63.2 Å². The lowest BCUT2D eigenvalue weighted by Gasteiger charge is -2.37. The van der Waals surface area contributed by atoms with Crippen LogP contribution in [-0.2, 0) is 27.1 Å². The zero-order valence-corrected chi connectivity index (χ0v) is 21.3. The quantitative estimate of drug-likeness (QED) is 0.252. The third-order valence-electron chi connectivity index (χ3n) is 7.06. The van der Waals surface area contributed by atoms with Gasteiger partial charge in [-0.2, -0.15) is 0 Å². The van der Waals surface area contributed by atoms with E-state index in [1.54, 1.807) is 13.0 Å². The Labute approximate surface area is 219 Å². The summed E-state index contributed by atoms with van der Waals surface area (Å²) in [6.07, 6.45) is -0.224. The molecule has 2 aliphatic rings. The first kappa shape index (κ1) is 26.7. The number of ether oxygens (including phenoxy) is 2. The number of rotatable bonds is 6. The minimum atomic E-state index is -1.29. The first-order chi connectivity index (χ1) is 18.2. The molecule has 12 heteroatoms. The fraction of sp³-hybridized carbons (Fsp3) is 0.423. The maximum Gasteiger partial charge on any atom is 0.410 e. The maximum absolute atomic E-state index is 12.9. The minimum absolute atomic E-state index is 0.0372. The molecular weight excluding hydrogens is 494 g/mol. The van der Waals surface area contributed by atoms with Crippen LogP contribution in [0.5, 0.6) is 0 Å². The number of aryl methyl sites for hydroxylation is 1. The number of carbonyl (C=O) groups is 3. The molecule has 0 saturated carbocycles. The average Bonchev–Trinajstić information content (AvgIpc) is 3.07. The molecule has 12 nitrogen and oxygen atoms in total. The van der Waals surface area contributed by atoms with E-state index < -0.39 is 23.1 Å². The fourth-order valence-electron chi connectivity index (χ4n) is 4.93. The number of nitro groups is 1. The summed E-state index contributed by atoms with van der Waals surface area (Å²) in [5.74, 6) is -0.772. The molecule has 202 valence electrons. The topological polar surface area (TPSA) is 157 Å².